The first kappa shape index (κ1) is 27.0. The molecule has 0 aliphatic heterocycles. The second-order valence-corrected chi connectivity index (χ2v) is 8.46. The number of allylic oxidation sites excluding steroid dienone is 4. The van der Waals surface area contributed by atoms with Gasteiger partial charge in [0.15, 0.2) is 0 Å². The zero-order chi connectivity index (χ0) is 20.5. The van der Waals surface area contributed by atoms with Gasteiger partial charge in [-0.1, -0.05) is 108 Å². The monoisotopic (exact) mass is 388 g/mol. The van der Waals surface area contributed by atoms with Gasteiger partial charge in [-0.3, -0.25) is 0 Å². The van der Waals surface area contributed by atoms with Gasteiger partial charge in [-0.15, -0.1) is 0 Å². The first-order valence-electron chi connectivity index (χ1n) is 12.2. The number of aliphatic hydroxyl groups excluding tert-OH is 1. The molecule has 0 aromatic rings. The fraction of sp³-hybridized carbons (Fsp3) is 0.778. The molecule has 0 bridgehead atoms. The van der Waals surface area contributed by atoms with Crippen LogP contribution in [-0.2, 0) is 0 Å². The van der Waals surface area contributed by atoms with E-state index in [1.165, 1.54) is 96.3 Å². The number of hydrogen-bond acceptors (Lipinski definition) is 1. The smallest absolute Gasteiger partial charge is 0.0540 e. The van der Waals surface area contributed by atoms with Crippen LogP contribution in [-0.4, -0.2) is 11.7 Å². The molecule has 1 heteroatoms. The molecule has 1 nitrogen and oxygen atoms in total. The van der Waals surface area contributed by atoms with Crippen LogP contribution in [0.3, 0.4) is 0 Å². The van der Waals surface area contributed by atoms with Crippen molar-refractivity contribution in [2.75, 3.05) is 6.61 Å². The van der Waals surface area contributed by atoms with E-state index in [9.17, 15) is 0 Å². The third-order valence-corrected chi connectivity index (χ3v) is 5.10. The van der Waals surface area contributed by atoms with Crippen LogP contribution in [0, 0.1) is 17.8 Å². The average Bonchev–Trinajstić information content (AvgIpc) is 2.68. The van der Waals surface area contributed by atoms with Crippen LogP contribution in [0.5, 0.6) is 0 Å². The molecule has 1 N–H and O–H groups in total. The van der Waals surface area contributed by atoms with E-state index in [1.807, 2.05) is 6.08 Å². The van der Waals surface area contributed by atoms with Crippen LogP contribution in [0.4, 0.5) is 0 Å². The van der Waals surface area contributed by atoms with Crippen LogP contribution in [0.2, 0.25) is 0 Å². The zero-order valence-corrected chi connectivity index (χ0v) is 19.1. The number of rotatable bonds is 19. The van der Waals surface area contributed by atoms with Crippen LogP contribution in [0.15, 0.2) is 24.3 Å². The van der Waals surface area contributed by atoms with Crippen molar-refractivity contribution in [1.82, 2.24) is 0 Å². The third-order valence-electron chi connectivity index (χ3n) is 5.10. The standard InChI is InChI=1S/C27H48O/c1-27(2)25-23-21-19-17-15-13-11-9-7-5-3-4-6-8-10-12-14-16-18-20-22-24-26-28/h11,13,16,18,27-28H,3-10,12,14-15,17,19,21,23-26H2,1-2H3. The molecule has 0 rings (SSSR count). The Hall–Kier alpha value is -1.00. The zero-order valence-electron chi connectivity index (χ0n) is 19.1. The highest BCUT2D eigenvalue weighted by atomic mass is 16.2. The second-order valence-electron chi connectivity index (χ2n) is 8.46. The van der Waals surface area contributed by atoms with Gasteiger partial charge in [-0.25, -0.2) is 0 Å². The van der Waals surface area contributed by atoms with Crippen LogP contribution in [0.25, 0.3) is 0 Å². The number of aliphatic hydroxyl groups is 1. The van der Waals surface area contributed by atoms with Gasteiger partial charge in [-0.05, 0) is 50.5 Å². The predicted molar refractivity (Wildman–Crippen MR) is 126 cm³/mol. The minimum atomic E-state index is 0.163. The predicted octanol–water partition coefficient (Wildman–Crippen LogP) is 8.38. The molecule has 0 amide bonds. The van der Waals surface area contributed by atoms with Crippen molar-refractivity contribution in [2.45, 2.75) is 123 Å². The van der Waals surface area contributed by atoms with Crippen molar-refractivity contribution in [3.05, 3.63) is 24.3 Å². The highest BCUT2D eigenvalue weighted by Gasteiger charge is 1.94. The van der Waals surface area contributed by atoms with Gasteiger partial charge >= 0.3 is 0 Å². The summed E-state index contributed by atoms with van der Waals surface area (Å²) in [4.78, 5) is 0. The summed E-state index contributed by atoms with van der Waals surface area (Å²) in [5.41, 5.74) is 0. The lowest BCUT2D eigenvalue weighted by molar-refractivity contribution is 0.305. The molecule has 0 aromatic heterocycles. The minimum absolute atomic E-state index is 0.163. The molecule has 0 heterocycles. The quantitative estimate of drug-likeness (QED) is 0.134. The summed E-state index contributed by atoms with van der Waals surface area (Å²) in [6.45, 7) is 4.81. The first-order chi connectivity index (χ1) is 13.8. The third kappa shape index (κ3) is 25.0. The highest BCUT2D eigenvalue weighted by molar-refractivity contribution is 5.14. The fourth-order valence-corrected chi connectivity index (χ4v) is 3.32. The van der Waals surface area contributed by atoms with E-state index in [0.717, 1.165) is 12.3 Å². The molecule has 0 radical (unpaired) electrons. The molecule has 0 aromatic carbocycles. The summed E-state index contributed by atoms with van der Waals surface area (Å²) in [6.07, 6.45) is 31.2. The Bertz CT molecular complexity index is 408. The maximum Gasteiger partial charge on any atom is 0.0540 e. The molecule has 28 heavy (non-hydrogen) atoms. The molecular formula is C27H48O. The van der Waals surface area contributed by atoms with Gasteiger partial charge in [0.05, 0.1) is 6.61 Å². The van der Waals surface area contributed by atoms with Gasteiger partial charge in [0.25, 0.3) is 0 Å². The van der Waals surface area contributed by atoms with Gasteiger partial charge < -0.3 is 5.11 Å². The van der Waals surface area contributed by atoms with Crippen molar-refractivity contribution in [1.29, 1.82) is 0 Å². The molecule has 0 aliphatic rings. The summed E-state index contributed by atoms with van der Waals surface area (Å²) in [7, 11) is 0. The molecule has 162 valence electrons. The highest BCUT2D eigenvalue weighted by Crippen LogP contribution is 2.12. The molecule has 0 saturated carbocycles. The van der Waals surface area contributed by atoms with E-state index in [-0.39, 0.29) is 6.61 Å². The summed E-state index contributed by atoms with van der Waals surface area (Å²) >= 11 is 0. The maximum atomic E-state index is 8.61. The van der Waals surface area contributed by atoms with E-state index >= 15 is 0 Å². The minimum Gasteiger partial charge on any atom is -0.395 e. The van der Waals surface area contributed by atoms with Crippen molar-refractivity contribution in [3.8, 4) is 11.8 Å². The van der Waals surface area contributed by atoms with E-state index in [2.05, 4.69) is 43.9 Å². The molecule has 0 spiro atoms. The molecule has 0 saturated heterocycles. The fourth-order valence-electron chi connectivity index (χ4n) is 3.32. The molecule has 0 aliphatic carbocycles. The summed E-state index contributed by atoms with van der Waals surface area (Å²) in [5, 5.41) is 8.61. The maximum absolute atomic E-state index is 8.61. The van der Waals surface area contributed by atoms with Crippen molar-refractivity contribution < 1.29 is 5.11 Å². The van der Waals surface area contributed by atoms with Gasteiger partial charge in [0.1, 0.15) is 0 Å². The second kappa shape index (κ2) is 24.0. The lowest BCUT2D eigenvalue weighted by Gasteiger charge is -2.03. The van der Waals surface area contributed by atoms with Gasteiger partial charge in [-0.2, -0.15) is 0 Å². The molecule has 0 unspecified atom stereocenters. The van der Waals surface area contributed by atoms with Crippen LogP contribution < -0.4 is 0 Å². The Labute approximate surface area is 177 Å². The summed E-state index contributed by atoms with van der Waals surface area (Å²) < 4.78 is 0. The lowest BCUT2D eigenvalue weighted by Crippen LogP contribution is -1.86. The Morgan fingerprint density at radius 2 is 1.11 bits per heavy atom. The van der Waals surface area contributed by atoms with Crippen molar-refractivity contribution in [2.24, 2.45) is 5.92 Å². The van der Waals surface area contributed by atoms with Gasteiger partial charge in [0, 0.05) is 6.42 Å². The lowest BCUT2D eigenvalue weighted by atomic mass is 10.0. The normalized spacial score (nSPS) is 11.6. The number of hydrogen-bond donors (Lipinski definition) is 1. The SMILES string of the molecule is CC(C)CCCCCCC=CCCCCCCCCCCC=CC#CCCO. The molecule has 0 atom stereocenters. The molecular weight excluding hydrogens is 340 g/mol. The Balaban J connectivity index is 3.16. The topological polar surface area (TPSA) is 20.2 Å². The Kier molecular flexibility index (Phi) is 23.2. The first-order valence-corrected chi connectivity index (χ1v) is 12.2. The Morgan fingerprint density at radius 1 is 0.643 bits per heavy atom. The largest absolute Gasteiger partial charge is 0.395 e. The van der Waals surface area contributed by atoms with E-state index in [1.54, 1.807) is 0 Å². The van der Waals surface area contributed by atoms with Crippen LogP contribution >= 0.6 is 0 Å². The van der Waals surface area contributed by atoms with Crippen molar-refractivity contribution >= 4 is 0 Å². The number of unbranched alkanes of at least 4 members (excludes halogenated alkanes) is 13. The molecule has 0 fully saturated rings. The average molecular weight is 389 g/mol. The summed E-state index contributed by atoms with van der Waals surface area (Å²) in [6, 6.07) is 0. The van der Waals surface area contributed by atoms with Crippen LogP contribution in [0.1, 0.15) is 123 Å². The summed E-state index contributed by atoms with van der Waals surface area (Å²) in [5.74, 6) is 6.73. The van der Waals surface area contributed by atoms with E-state index in [4.69, 9.17) is 5.11 Å². The van der Waals surface area contributed by atoms with Crippen molar-refractivity contribution in [3.63, 3.8) is 0 Å². The van der Waals surface area contributed by atoms with E-state index in [0.29, 0.717) is 6.42 Å². The van der Waals surface area contributed by atoms with E-state index < -0.39 is 0 Å². The van der Waals surface area contributed by atoms with Gasteiger partial charge in [0.2, 0.25) is 0 Å². The Morgan fingerprint density at radius 3 is 1.61 bits per heavy atom.